The molecule has 1 N–H and O–H groups in total. The van der Waals surface area contributed by atoms with Gasteiger partial charge in [0.15, 0.2) is 17.0 Å². The number of anilines is 1. The summed E-state index contributed by atoms with van der Waals surface area (Å²) in [5.74, 6) is 0.727. The van der Waals surface area contributed by atoms with E-state index in [4.69, 9.17) is 4.74 Å². The van der Waals surface area contributed by atoms with E-state index < -0.39 is 0 Å². The zero-order valence-corrected chi connectivity index (χ0v) is 11.8. The first-order valence-electron chi connectivity index (χ1n) is 6.44. The van der Waals surface area contributed by atoms with Crippen LogP contribution in [-0.2, 0) is 4.74 Å². The third-order valence-electron chi connectivity index (χ3n) is 2.84. The number of aromatic nitrogens is 5. The number of methoxy groups -OCH3 is 1. The predicted octanol–water partition coefficient (Wildman–Crippen LogP) is 1.64. The lowest BCUT2D eigenvalue weighted by Crippen LogP contribution is -2.12. The Kier molecular flexibility index (Phi) is 4.26. The topological polar surface area (TPSA) is 77.8 Å². The third-order valence-corrected chi connectivity index (χ3v) is 2.84. The van der Waals surface area contributed by atoms with Gasteiger partial charge in [-0.05, 0) is 27.2 Å². The molecule has 2 aromatic rings. The van der Waals surface area contributed by atoms with Crippen LogP contribution in [-0.4, -0.2) is 44.7 Å². The van der Waals surface area contributed by atoms with Crippen molar-refractivity contribution in [1.29, 1.82) is 0 Å². The van der Waals surface area contributed by atoms with Gasteiger partial charge in [0.05, 0.1) is 6.04 Å². The molecule has 0 fully saturated rings. The predicted molar refractivity (Wildman–Crippen MR) is 73.1 cm³/mol. The molecular formula is C12H20N6O. The highest BCUT2D eigenvalue weighted by Gasteiger charge is 2.15. The lowest BCUT2D eigenvalue weighted by atomic mass is 10.2. The molecule has 2 aromatic heterocycles. The fourth-order valence-corrected chi connectivity index (χ4v) is 1.85. The van der Waals surface area contributed by atoms with Gasteiger partial charge in [-0.15, -0.1) is 5.10 Å². The van der Waals surface area contributed by atoms with Crippen molar-refractivity contribution in [2.24, 2.45) is 0 Å². The summed E-state index contributed by atoms with van der Waals surface area (Å²) in [5.41, 5.74) is 1.46. The van der Waals surface area contributed by atoms with Gasteiger partial charge >= 0.3 is 0 Å². The van der Waals surface area contributed by atoms with Crippen LogP contribution in [0.25, 0.3) is 11.2 Å². The number of nitrogens with one attached hydrogen (secondary N) is 1. The van der Waals surface area contributed by atoms with Crippen LogP contribution in [0.2, 0.25) is 0 Å². The van der Waals surface area contributed by atoms with Gasteiger partial charge in [-0.3, -0.25) is 0 Å². The van der Waals surface area contributed by atoms with Gasteiger partial charge in [-0.2, -0.15) is 0 Å². The zero-order valence-electron chi connectivity index (χ0n) is 11.8. The van der Waals surface area contributed by atoms with Gasteiger partial charge in [-0.1, -0.05) is 5.21 Å². The summed E-state index contributed by atoms with van der Waals surface area (Å²) in [6, 6.07) is 0.473. The highest BCUT2D eigenvalue weighted by Crippen LogP contribution is 2.20. The summed E-state index contributed by atoms with van der Waals surface area (Å²) < 4.78 is 6.91. The minimum Gasteiger partial charge on any atom is -0.385 e. The Hall–Kier alpha value is -1.76. The lowest BCUT2D eigenvalue weighted by molar-refractivity contribution is 0.179. The molecular weight excluding hydrogens is 244 g/mol. The van der Waals surface area contributed by atoms with E-state index in [1.807, 2.05) is 4.68 Å². The molecule has 0 spiro atoms. The molecule has 0 radical (unpaired) electrons. The van der Waals surface area contributed by atoms with Gasteiger partial charge in [0.1, 0.15) is 6.33 Å². The molecule has 0 saturated heterocycles. The maximum Gasteiger partial charge on any atom is 0.184 e. The minimum absolute atomic E-state index is 0.187. The zero-order chi connectivity index (χ0) is 13.8. The SMILES string of the molecule is COCCC(C)n1nnc2c(NC(C)C)ncnc21. The molecule has 19 heavy (non-hydrogen) atoms. The Bertz CT molecular complexity index is 538. The number of hydrogen-bond acceptors (Lipinski definition) is 6. The maximum absolute atomic E-state index is 5.09. The fourth-order valence-electron chi connectivity index (χ4n) is 1.85. The van der Waals surface area contributed by atoms with Crippen molar-refractivity contribution in [2.45, 2.75) is 39.3 Å². The molecule has 2 heterocycles. The van der Waals surface area contributed by atoms with Gasteiger partial charge in [-0.25, -0.2) is 14.6 Å². The van der Waals surface area contributed by atoms with E-state index in [1.165, 1.54) is 6.33 Å². The molecule has 7 heteroatoms. The molecule has 1 unspecified atom stereocenters. The quantitative estimate of drug-likeness (QED) is 0.854. The van der Waals surface area contributed by atoms with E-state index in [1.54, 1.807) is 7.11 Å². The monoisotopic (exact) mass is 264 g/mol. The van der Waals surface area contributed by atoms with E-state index in [-0.39, 0.29) is 12.1 Å². The highest BCUT2D eigenvalue weighted by atomic mass is 16.5. The average Bonchev–Trinajstić information content (AvgIpc) is 2.80. The van der Waals surface area contributed by atoms with Crippen molar-refractivity contribution >= 4 is 17.0 Å². The van der Waals surface area contributed by atoms with E-state index in [9.17, 15) is 0 Å². The fraction of sp³-hybridized carbons (Fsp3) is 0.667. The molecule has 0 aromatic carbocycles. The molecule has 7 nitrogen and oxygen atoms in total. The second-order valence-electron chi connectivity index (χ2n) is 4.86. The molecule has 104 valence electrons. The second kappa shape index (κ2) is 5.92. The summed E-state index contributed by atoms with van der Waals surface area (Å²) in [6.07, 6.45) is 2.40. The van der Waals surface area contributed by atoms with Crippen molar-refractivity contribution in [3.05, 3.63) is 6.33 Å². The van der Waals surface area contributed by atoms with Crippen LogP contribution in [0.1, 0.15) is 33.2 Å². The van der Waals surface area contributed by atoms with Gasteiger partial charge in [0.2, 0.25) is 0 Å². The number of hydrogen-bond donors (Lipinski definition) is 1. The maximum atomic E-state index is 5.09. The number of rotatable bonds is 6. The standard InChI is InChI=1S/C12H20N6O/c1-8(2)15-11-10-12(14-7-13-11)18(17-16-10)9(3)5-6-19-4/h7-9H,5-6H2,1-4H3,(H,13,14,15). The average molecular weight is 264 g/mol. The smallest absolute Gasteiger partial charge is 0.184 e. The van der Waals surface area contributed by atoms with Crippen molar-refractivity contribution in [3.8, 4) is 0 Å². The van der Waals surface area contributed by atoms with Crippen LogP contribution in [0.5, 0.6) is 0 Å². The first-order chi connectivity index (χ1) is 9.13. The van der Waals surface area contributed by atoms with Crippen molar-refractivity contribution in [3.63, 3.8) is 0 Å². The van der Waals surface area contributed by atoms with Gasteiger partial charge in [0, 0.05) is 19.8 Å². The first-order valence-corrected chi connectivity index (χ1v) is 6.44. The summed E-state index contributed by atoms with van der Waals surface area (Å²) in [5, 5.41) is 11.6. The van der Waals surface area contributed by atoms with Crippen molar-refractivity contribution in [2.75, 3.05) is 19.0 Å². The minimum atomic E-state index is 0.187. The Morgan fingerprint density at radius 1 is 1.32 bits per heavy atom. The van der Waals surface area contributed by atoms with Crippen molar-refractivity contribution in [1.82, 2.24) is 25.0 Å². The van der Waals surface area contributed by atoms with E-state index in [0.29, 0.717) is 12.1 Å². The summed E-state index contributed by atoms with van der Waals surface area (Å²) in [4.78, 5) is 8.50. The van der Waals surface area contributed by atoms with Crippen LogP contribution in [0, 0.1) is 0 Å². The Morgan fingerprint density at radius 3 is 2.79 bits per heavy atom. The normalized spacial score (nSPS) is 13.1. The van der Waals surface area contributed by atoms with Crippen LogP contribution < -0.4 is 5.32 Å². The first kappa shape index (κ1) is 13.7. The highest BCUT2D eigenvalue weighted by molar-refractivity contribution is 5.81. The number of nitrogens with zero attached hydrogens (tertiary/aromatic N) is 5. The molecule has 0 aliphatic rings. The molecule has 0 bridgehead atoms. The second-order valence-corrected chi connectivity index (χ2v) is 4.86. The van der Waals surface area contributed by atoms with E-state index in [0.717, 1.165) is 17.9 Å². The third kappa shape index (κ3) is 2.98. The van der Waals surface area contributed by atoms with Crippen LogP contribution >= 0.6 is 0 Å². The summed E-state index contributed by atoms with van der Waals surface area (Å²) in [6.45, 7) is 6.87. The molecule has 2 rings (SSSR count). The van der Waals surface area contributed by atoms with E-state index in [2.05, 4.69) is 46.4 Å². The van der Waals surface area contributed by atoms with Crippen LogP contribution in [0.4, 0.5) is 5.82 Å². The van der Waals surface area contributed by atoms with E-state index >= 15 is 0 Å². The van der Waals surface area contributed by atoms with Crippen LogP contribution in [0.3, 0.4) is 0 Å². The Balaban J connectivity index is 2.32. The van der Waals surface area contributed by atoms with Gasteiger partial charge < -0.3 is 10.1 Å². The Labute approximate surface area is 112 Å². The largest absolute Gasteiger partial charge is 0.385 e. The van der Waals surface area contributed by atoms with Crippen LogP contribution in [0.15, 0.2) is 6.33 Å². The summed E-state index contributed by atoms with van der Waals surface area (Å²) in [7, 11) is 1.69. The molecule has 0 aliphatic carbocycles. The van der Waals surface area contributed by atoms with Gasteiger partial charge in [0.25, 0.3) is 0 Å². The molecule has 0 amide bonds. The molecule has 0 saturated carbocycles. The van der Waals surface area contributed by atoms with Crippen molar-refractivity contribution < 1.29 is 4.74 Å². The number of ether oxygens (including phenoxy) is 1. The number of fused-ring (bicyclic) bond motifs is 1. The Morgan fingerprint density at radius 2 is 2.11 bits per heavy atom. The molecule has 0 aliphatic heterocycles. The molecule has 1 atom stereocenters. The lowest BCUT2D eigenvalue weighted by Gasteiger charge is -2.11. The summed E-state index contributed by atoms with van der Waals surface area (Å²) >= 11 is 0.